The van der Waals surface area contributed by atoms with E-state index in [0.717, 1.165) is 17.3 Å². The molecule has 0 N–H and O–H groups in total. The number of ether oxygens (including phenoxy) is 1. The Morgan fingerprint density at radius 1 is 1.24 bits per heavy atom. The number of fused-ring (bicyclic) bond motifs is 1. The maximum absolute atomic E-state index is 13.7. The number of hydrogen-bond donors (Lipinski definition) is 0. The standard InChI is InChI=1S/C18H13BrFNO4/c1-21-15-5-2-10(6-11(15)7-17(21)23)16(22)9-25-18(24)13-4-3-12(19)8-14(13)20/h2-6,8H,7,9H2,1H3. The van der Waals surface area contributed by atoms with Crippen LogP contribution in [0.5, 0.6) is 0 Å². The predicted molar refractivity (Wildman–Crippen MR) is 92.3 cm³/mol. The van der Waals surface area contributed by atoms with Crippen LogP contribution in [-0.2, 0) is 16.0 Å². The average Bonchev–Trinajstić information content (AvgIpc) is 2.86. The van der Waals surface area contributed by atoms with Crippen molar-refractivity contribution in [1.29, 1.82) is 0 Å². The average molecular weight is 406 g/mol. The molecule has 0 saturated carbocycles. The van der Waals surface area contributed by atoms with Crippen molar-refractivity contribution in [3.8, 4) is 0 Å². The van der Waals surface area contributed by atoms with Crippen LogP contribution in [0.25, 0.3) is 0 Å². The monoisotopic (exact) mass is 405 g/mol. The van der Waals surface area contributed by atoms with Crippen molar-refractivity contribution in [3.63, 3.8) is 0 Å². The Labute approximate surface area is 151 Å². The molecule has 0 atom stereocenters. The summed E-state index contributed by atoms with van der Waals surface area (Å²) >= 11 is 3.10. The molecule has 25 heavy (non-hydrogen) atoms. The summed E-state index contributed by atoms with van der Waals surface area (Å²) in [6.07, 6.45) is 0.233. The molecule has 1 aliphatic rings. The van der Waals surface area contributed by atoms with Gasteiger partial charge in [0.25, 0.3) is 0 Å². The highest BCUT2D eigenvalue weighted by Gasteiger charge is 2.25. The zero-order valence-corrected chi connectivity index (χ0v) is 14.8. The summed E-state index contributed by atoms with van der Waals surface area (Å²) in [7, 11) is 1.67. The summed E-state index contributed by atoms with van der Waals surface area (Å²) in [5.41, 5.74) is 1.61. The van der Waals surface area contributed by atoms with Crippen LogP contribution >= 0.6 is 15.9 Å². The Kier molecular flexibility index (Phi) is 4.67. The number of likely N-dealkylation sites (N-methyl/N-ethyl adjacent to an activating group) is 1. The van der Waals surface area contributed by atoms with E-state index in [1.54, 1.807) is 25.2 Å². The Hall–Kier alpha value is -2.54. The Bertz CT molecular complexity index is 897. The lowest BCUT2D eigenvalue weighted by Gasteiger charge is -2.10. The Balaban J connectivity index is 1.68. The molecule has 1 amide bonds. The van der Waals surface area contributed by atoms with Gasteiger partial charge in [-0.1, -0.05) is 15.9 Å². The van der Waals surface area contributed by atoms with Crippen molar-refractivity contribution >= 4 is 39.3 Å². The maximum atomic E-state index is 13.7. The van der Waals surface area contributed by atoms with Crippen LogP contribution in [0.4, 0.5) is 10.1 Å². The highest BCUT2D eigenvalue weighted by atomic mass is 79.9. The molecular formula is C18H13BrFNO4. The van der Waals surface area contributed by atoms with Crippen LogP contribution < -0.4 is 4.90 Å². The third kappa shape index (κ3) is 3.46. The van der Waals surface area contributed by atoms with E-state index in [1.165, 1.54) is 17.0 Å². The molecule has 128 valence electrons. The molecule has 7 heteroatoms. The van der Waals surface area contributed by atoms with Crippen LogP contribution in [-0.4, -0.2) is 31.3 Å². The van der Waals surface area contributed by atoms with Crippen LogP contribution in [0.2, 0.25) is 0 Å². The van der Waals surface area contributed by atoms with Crippen LogP contribution in [0.3, 0.4) is 0 Å². The van der Waals surface area contributed by atoms with Gasteiger partial charge in [-0.05, 0) is 42.0 Å². The topological polar surface area (TPSA) is 63.7 Å². The second-order valence-corrected chi connectivity index (χ2v) is 6.51. The van der Waals surface area contributed by atoms with Gasteiger partial charge in [-0.15, -0.1) is 0 Å². The summed E-state index contributed by atoms with van der Waals surface area (Å²) in [4.78, 5) is 37.3. The Morgan fingerprint density at radius 2 is 2.00 bits per heavy atom. The number of hydrogen-bond acceptors (Lipinski definition) is 4. The molecule has 1 heterocycles. The fourth-order valence-electron chi connectivity index (χ4n) is 2.59. The first-order valence-corrected chi connectivity index (χ1v) is 8.21. The summed E-state index contributed by atoms with van der Waals surface area (Å²) < 4.78 is 19.1. The van der Waals surface area contributed by atoms with Crippen molar-refractivity contribution in [2.24, 2.45) is 0 Å². The molecule has 0 aromatic heterocycles. The number of amides is 1. The number of carbonyl (C=O) groups is 3. The zero-order valence-electron chi connectivity index (χ0n) is 13.2. The predicted octanol–water partition coefficient (Wildman–Crippen LogP) is 3.15. The molecule has 0 spiro atoms. The number of Topliss-reactive ketones (excluding diaryl/α,β-unsaturated/α-hetero) is 1. The molecule has 3 rings (SSSR count). The first kappa shape index (κ1) is 17.3. The van der Waals surface area contributed by atoms with E-state index in [-0.39, 0.29) is 17.9 Å². The lowest BCUT2D eigenvalue weighted by atomic mass is 10.1. The molecule has 0 fully saturated rings. The minimum absolute atomic E-state index is 0.0447. The summed E-state index contributed by atoms with van der Waals surface area (Å²) in [6, 6.07) is 8.81. The number of ketones is 1. The molecular weight excluding hydrogens is 393 g/mol. The largest absolute Gasteiger partial charge is 0.454 e. The van der Waals surface area contributed by atoms with E-state index in [9.17, 15) is 18.8 Å². The highest BCUT2D eigenvalue weighted by Crippen LogP contribution is 2.28. The SMILES string of the molecule is CN1C(=O)Cc2cc(C(=O)COC(=O)c3ccc(Br)cc3F)ccc21. The van der Waals surface area contributed by atoms with Crippen LogP contribution in [0.1, 0.15) is 26.3 Å². The van der Waals surface area contributed by atoms with Gasteiger partial charge in [0.2, 0.25) is 5.91 Å². The summed E-state index contributed by atoms with van der Waals surface area (Å²) in [5.74, 6) is -2.10. The van der Waals surface area contributed by atoms with Crippen LogP contribution in [0.15, 0.2) is 40.9 Å². The van der Waals surface area contributed by atoms with E-state index in [0.29, 0.717) is 10.0 Å². The number of nitrogens with zero attached hydrogens (tertiary/aromatic N) is 1. The molecule has 5 nitrogen and oxygen atoms in total. The molecule has 0 unspecified atom stereocenters. The molecule has 1 aliphatic heterocycles. The van der Waals surface area contributed by atoms with E-state index in [2.05, 4.69) is 15.9 Å². The number of benzene rings is 2. The smallest absolute Gasteiger partial charge is 0.341 e. The first-order valence-electron chi connectivity index (χ1n) is 7.41. The lowest BCUT2D eigenvalue weighted by molar-refractivity contribution is -0.117. The number of rotatable bonds is 4. The molecule has 0 aliphatic carbocycles. The minimum Gasteiger partial charge on any atom is -0.454 e. The number of carbonyl (C=O) groups excluding carboxylic acids is 3. The summed E-state index contributed by atoms with van der Waals surface area (Å²) in [6.45, 7) is -0.503. The van der Waals surface area contributed by atoms with Gasteiger partial charge in [-0.2, -0.15) is 0 Å². The maximum Gasteiger partial charge on any atom is 0.341 e. The van der Waals surface area contributed by atoms with Gasteiger partial charge in [0.1, 0.15) is 5.82 Å². The molecule has 2 aromatic rings. The van der Waals surface area contributed by atoms with Gasteiger partial charge in [-0.3, -0.25) is 9.59 Å². The first-order chi connectivity index (χ1) is 11.9. The molecule has 0 bridgehead atoms. The van der Waals surface area contributed by atoms with E-state index in [1.807, 2.05) is 0 Å². The van der Waals surface area contributed by atoms with Gasteiger partial charge in [0, 0.05) is 22.8 Å². The second kappa shape index (κ2) is 6.76. The normalized spacial score (nSPS) is 12.9. The van der Waals surface area contributed by atoms with E-state index in [4.69, 9.17) is 4.74 Å². The summed E-state index contributed by atoms with van der Waals surface area (Å²) in [5, 5.41) is 0. The van der Waals surface area contributed by atoms with Crippen molar-refractivity contribution in [2.75, 3.05) is 18.6 Å². The van der Waals surface area contributed by atoms with Crippen molar-refractivity contribution in [2.45, 2.75) is 6.42 Å². The molecule has 2 aromatic carbocycles. The van der Waals surface area contributed by atoms with Gasteiger partial charge in [0.05, 0.1) is 12.0 Å². The molecule has 0 radical (unpaired) electrons. The second-order valence-electron chi connectivity index (χ2n) is 5.60. The highest BCUT2D eigenvalue weighted by molar-refractivity contribution is 9.10. The number of anilines is 1. The van der Waals surface area contributed by atoms with Gasteiger partial charge < -0.3 is 9.64 Å². The quantitative estimate of drug-likeness (QED) is 0.578. The third-order valence-electron chi connectivity index (χ3n) is 3.96. The van der Waals surface area contributed by atoms with Gasteiger partial charge in [0.15, 0.2) is 12.4 Å². The minimum atomic E-state index is -0.908. The van der Waals surface area contributed by atoms with E-state index >= 15 is 0 Å². The fourth-order valence-corrected chi connectivity index (χ4v) is 2.92. The molecule has 0 saturated heterocycles. The zero-order chi connectivity index (χ0) is 18.1. The van der Waals surface area contributed by atoms with Crippen molar-refractivity contribution in [3.05, 3.63) is 63.4 Å². The fraction of sp³-hybridized carbons (Fsp3) is 0.167. The van der Waals surface area contributed by atoms with Gasteiger partial charge in [-0.25, -0.2) is 9.18 Å². The van der Waals surface area contributed by atoms with Crippen LogP contribution in [0, 0.1) is 5.82 Å². The Morgan fingerprint density at radius 3 is 2.72 bits per heavy atom. The third-order valence-corrected chi connectivity index (χ3v) is 4.46. The van der Waals surface area contributed by atoms with Crippen molar-refractivity contribution < 1.29 is 23.5 Å². The van der Waals surface area contributed by atoms with Gasteiger partial charge >= 0.3 is 5.97 Å². The lowest BCUT2D eigenvalue weighted by Crippen LogP contribution is -2.20. The van der Waals surface area contributed by atoms with Crippen molar-refractivity contribution in [1.82, 2.24) is 0 Å². The number of halogens is 2. The number of esters is 1. The van der Waals surface area contributed by atoms with E-state index < -0.39 is 24.2 Å².